The first-order valence-corrected chi connectivity index (χ1v) is 9.19. The van der Waals surface area contributed by atoms with Crippen molar-refractivity contribution in [1.82, 2.24) is 5.32 Å². The Hall–Kier alpha value is -3.33. The Morgan fingerprint density at radius 2 is 1.82 bits per heavy atom. The van der Waals surface area contributed by atoms with E-state index in [2.05, 4.69) is 24.5 Å². The zero-order chi connectivity index (χ0) is 20.5. The molecule has 0 aliphatic rings. The van der Waals surface area contributed by atoms with Gasteiger partial charge in [-0.1, -0.05) is 38.1 Å². The predicted octanol–water partition coefficient (Wildman–Crippen LogP) is 3.75. The molecule has 2 aromatic carbocycles. The van der Waals surface area contributed by atoms with Crippen LogP contribution >= 0.6 is 0 Å². The van der Waals surface area contributed by atoms with Gasteiger partial charge in [-0.2, -0.15) is 5.26 Å². The van der Waals surface area contributed by atoms with E-state index in [4.69, 9.17) is 10.00 Å². The van der Waals surface area contributed by atoms with E-state index in [1.165, 1.54) is 5.56 Å². The van der Waals surface area contributed by atoms with Gasteiger partial charge in [-0.05, 0) is 48.2 Å². The van der Waals surface area contributed by atoms with Gasteiger partial charge in [-0.15, -0.1) is 0 Å². The Bertz CT molecular complexity index is 854. The molecule has 1 unspecified atom stereocenters. The van der Waals surface area contributed by atoms with Crippen molar-refractivity contribution in [1.29, 1.82) is 5.26 Å². The smallest absolute Gasteiger partial charge is 0.261 e. The van der Waals surface area contributed by atoms with Crippen molar-refractivity contribution < 1.29 is 14.3 Å². The summed E-state index contributed by atoms with van der Waals surface area (Å²) in [6.07, 6.45) is -0.836. The molecule has 0 radical (unpaired) electrons. The Morgan fingerprint density at radius 3 is 2.46 bits per heavy atom. The van der Waals surface area contributed by atoms with Gasteiger partial charge in [0.2, 0.25) is 5.91 Å². The van der Waals surface area contributed by atoms with Crippen LogP contribution in [0.5, 0.6) is 5.75 Å². The highest BCUT2D eigenvalue weighted by Gasteiger charge is 2.14. The fourth-order valence-electron chi connectivity index (χ4n) is 2.56. The molecular formula is C22H25N3O3. The van der Waals surface area contributed by atoms with Crippen LogP contribution in [0.1, 0.15) is 44.2 Å². The summed E-state index contributed by atoms with van der Waals surface area (Å²) >= 11 is 0. The summed E-state index contributed by atoms with van der Waals surface area (Å²) in [6.45, 7) is 6.25. The van der Waals surface area contributed by atoms with Gasteiger partial charge in [-0.3, -0.25) is 9.59 Å². The van der Waals surface area contributed by atoms with Crippen LogP contribution in [0, 0.1) is 11.3 Å². The lowest BCUT2D eigenvalue weighted by molar-refractivity contribution is -0.127. The number of benzene rings is 2. The quantitative estimate of drug-likeness (QED) is 0.731. The third-order valence-corrected chi connectivity index (χ3v) is 4.15. The van der Waals surface area contributed by atoms with E-state index in [-0.39, 0.29) is 18.2 Å². The minimum Gasteiger partial charge on any atom is -0.481 e. The molecule has 6 nitrogen and oxygen atoms in total. The molecule has 6 heteroatoms. The molecule has 0 heterocycles. The zero-order valence-electron chi connectivity index (χ0n) is 16.4. The standard InChI is InChI=1S/C22H25N3O3/c1-15(2)18-7-9-20(10-8-18)28-16(3)22(27)24-14-17-5-4-6-19(13-17)25-21(26)11-12-23/h4-10,13,15-16H,11,14H2,1-3H3,(H,24,27)(H,25,26). The molecule has 0 aliphatic heterocycles. The van der Waals surface area contributed by atoms with E-state index in [1.54, 1.807) is 31.2 Å². The molecule has 2 rings (SSSR count). The Kier molecular flexibility index (Phi) is 7.58. The second-order valence-corrected chi connectivity index (χ2v) is 6.79. The summed E-state index contributed by atoms with van der Waals surface area (Å²) in [5, 5.41) is 14.0. The van der Waals surface area contributed by atoms with Crippen molar-refractivity contribution in [3.8, 4) is 11.8 Å². The number of nitrogens with one attached hydrogen (secondary N) is 2. The second-order valence-electron chi connectivity index (χ2n) is 6.79. The molecule has 0 aromatic heterocycles. The molecule has 2 aromatic rings. The largest absolute Gasteiger partial charge is 0.481 e. The summed E-state index contributed by atoms with van der Waals surface area (Å²) in [4.78, 5) is 23.8. The molecule has 28 heavy (non-hydrogen) atoms. The van der Waals surface area contributed by atoms with E-state index in [0.717, 1.165) is 5.56 Å². The number of amides is 2. The van der Waals surface area contributed by atoms with Gasteiger partial charge < -0.3 is 15.4 Å². The molecule has 0 saturated carbocycles. The Morgan fingerprint density at radius 1 is 1.11 bits per heavy atom. The number of nitrogens with zero attached hydrogens (tertiary/aromatic N) is 1. The average Bonchev–Trinajstić information content (AvgIpc) is 2.67. The number of ether oxygens (including phenoxy) is 1. The second kappa shape index (κ2) is 10.1. The van der Waals surface area contributed by atoms with E-state index in [9.17, 15) is 9.59 Å². The molecular weight excluding hydrogens is 354 g/mol. The monoisotopic (exact) mass is 379 g/mol. The van der Waals surface area contributed by atoms with Crippen molar-refractivity contribution in [2.75, 3.05) is 5.32 Å². The molecule has 146 valence electrons. The van der Waals surface area contributed by atoms with Crippen molar-refractivity contribution in [2.24, 2.45) is 0 Å². The summed E-state index contributed by atoms with van der Waals surface area (Å²) in [7, 11) is 0. The van der Waals surface area contributed by atoms with Crippen LogP contribution < -0.4 is 15.4 Å². The normalized spacial score (nSPS) is 11.4. The highest BCUT2D eigenvalue weighted by Crippen LogP contribution is 2.19. The van der Waals surface area contributed by atoms with Crippen LogP contribution in [0.15, 0.2) is 48.5 Å². The predicted molar refractivity (Wildman–Crippen MR) is 108 cm³/mol. The van der Waals surface area contributed by atoms with Gasteiger partial charge >= 0.3 is 0 Å². The highest BCUT2D eigenvalue weighted by molar-refractivity contribution is 5.92. The van der Waals surface area contributed by atoms with E-state index in [0.29, 0.717) is 23.9 Å². The van der Waals surface area contributed by atoms with E-state index < -0.39 is 6.10 Å². The lowest BCUT2D eigenvalue weighted by atomic mass is 10.0. The van der Waals surface area contributed by atoms with Crippen LogP contribution in [0.4, 0.5) is 5.69 Å². The lowest BCUT2D eigenvalue weighted by Crippen LogP contribution is -2.35. The van der Waals surface area contributed by atoms with Gasteiger partial charge in [0.15, 0.2) is 6.10 Å². The number of rotatable bonds is 8. The lowest BCUT2D eigenvalue weighted by Gasteiger charge is -2.16. The molecule has 1 atom stereocenters. The molecule has 0 saturated heterocycles. The summed E-state index contributed by atoms with van der Waals surface area (Å²) < 4.78 is 5.70. The van der Waals surface area contributed by atoms with Gasteiger partial charge in [0.05, 0.1) is 6.07 Å². The minimum atomic E-state index is -0.636. The molecule has 2 N–H and O–H groups in total. The van der Waals surface area contributed by atoms with Gasteiger partial charge in [0.1, 0.15) is 12.2 Å². The number of anilines is 1. The highest BCUT2D eigenvalue weighted by atomic mass is 16.5. The van der Waals surface area contributed by atoms with Crippen LogP contribution in [0.25, 0.3) is 0 Å². The average molecular weight is 379 g/mol. The third kappa shape index (κ3) is 6.44. The number of nitriles is 1. The van der Waals surface area contributed by atoms with Crippen LogP contribution in [-0.2, 0) is 16.1 Å². The minimum absolute atomic E-state index is 0.200. The fourth-order valence-corrected chi connectivity index (χ4v) is 2.56. The van der Waals surface area contributed by atoms with Gasteiger partial charge in [0.25, 0.3) is 5.91 Å². The molecule has 0 bridgehead atoms. The molecule has 0 spiro atoms. The zero-order valence-corrected chi connectivity index (χ0v) is 16.4. The van der Waals surface area contributed by atoms with Crippen molar-refractivity contribution in [3.63, 3.8) is 0 Å². The van der Waals surface area contributed by atoms with Gasteiger partial charge in [0, 0.05) is 12.2 Å². The Balaban J connectivity index is 1.87. The topological polar surface area (TPSA) is 91.2 Å². The first kappa shape index (κ1) is 21.0. The van der Waals surface area contributed by atoms with E-state index in [1.807, 2.05) is 30.3 Å². The van der Waals surface area contributed by atoms with Crippen LogP contribution in [0.2, 0.25) is 0 Å². The van der Waals surface area contributed by atoms with Crippen molar-refractivity contribution in [3.05, 3.63) is 59.7 Å². The molecule has 0 aliphatic carbocycles. The van der Waals surface area contributed by atoms with Gasteiger partial charge in [-0.25, -0.2) is 0 Å². The van der Waals surface area contributed by atoms with Crippen molar-refractivity contribution >= 4 is 17.5 Å². The molecule has 0 fully saturated rings. The van der Waals surface area contributed by atoms with Crippen LogP contribution in [-0.4, -0.2) is 17.9 Å². The summed E-state index contributed by atoms with van der Waals surface area (Å²) in [5.74, 6) is 0.491. The summed E-state index contributed by atoms with van der Waals surface area (Å²) in [6, 6.07) is 16.6. The number of hydrogen-bond donors (Lipinski definition) is 2. The summed E-state index contributed by atoms with van der Waals surface area (Å²) in [5.41, 5.74) is 2.63. The number of hydrogen-bond acceptors (Lipinski definition) is 4. The maximum absolute atomic E-state index is 12.3. The maximum atomic E-state index is 12.3. The van der Waals surface area contributed by atoms with E-state index >= 15 is 0 Å². The molecule has 2 amide bonds. The number of carbonyl (C=O) groups excluding carboxylic acids is 2. The Labute approximate surface area is 165 Å². The fraction of sp³-hybridized carbons (Fsp3) is 0.318. The van der Waals surface area contributed by atoms with Crippen LogP contribution in [0.3, 0.4) is 0 Å². The maximum Gasteiger partial charge on any atom is 0.261 e. The van der Waals surface area contributed by atoms with Crippen molar-refractivity contribution in [2.45, 2.75) is 45.8 Å². The number of carbonyl (C=O) groups is 2. The third-order valence-electron chi connectivity index (χ3n) is 4.15. The first-order valence-electron chi connectivity index (χ1n) is 9.19. The first-order chi connectivity index (χ1) is 13.4. The SMILES string of the molecule is CC(Oc1ccc(C(C)C)cc1)C(=O)NCc1cccc(NC(=O)CC#N)c1.